The Morgan fingerprint density at radius 3 is 2.35 bits per heavy atom. The van der Waals surface area contributed by atoms with Gasteiger partial charge in [0.2, 0.25) is 0 Å². The average molecular weight is 466 g/mol. The summed E-state index contributed by atoms with van der Waals surface area (Å²) in [5.74, 6) is 0.00462. The zero-order chi connectivity index (χ0) is 20.8. The lowest BCUT2D eigenvalue weighted by Crippen LogP contribution is -2.27. The molecular weight excluding hydrogens is 440 g/mol. The second kappa shape index (κ2) is 12.2. The third kappa shape index (κ3) is 7.21. The van der Waals surface area contributed by atoms with Crippen molar-refractivity contribution in [3.8, 4) is 11.5 Å². The van der Waals surface area contributed by atoms with Gasteiger partial charge in [0, 0.05) is 25.5 Å². The van der Waals surface area contributed by atoms with Gasteiger partial charge in [0.15, 0.2) is 0 Å². The summed E-state index contributed by atoms with van der Waals surface area (Å²) >= 11 is 0. The minimum Gasteiger partial charge on any atom is -0.457 e. The number of halogens is 3. The molecule has 3 rings (SSSR count). The van der Waals surface area contributed by atoms with Gasteiger partial charge in [-0.15, -0.1) is 24.8 Å². The molecule has 0 bridgehead atoms. The number of aryl methyl sites for hydroxylation is 1. The molecule has 0 saturated carbocycles. The van der Waals surface area contributed by atoms with Gasteiger partial charge >= 0.3 is 0 Å². The van der Waals surface area contributed by atoms with Gasteiger partial charge in [0.25, 0.3) is 5.91 Å². The standard InChI is InChI=1S/C23H24FN3O2.2ClH/c1-16-13-18(10-12-26-16)15-27(2)23(28)21-14-20(7-8-22(21)24)29-19-5-3-17(4-6-19)9-11-25;;/h3-8,10,12-14H,9,11,15,25H2,1-2H3;2*1H. The third-order valence-electron chi connectivity index (χ3n) is 4.49. The Kier molecular flexibility index (Phi) is 10.4. The SMILES string of the molecule is Cc1cc(CN(C)C(=O)c2cc(Oc3ccc(CCN)cc3)ccc2F)ccn1.Cl.Cl. The van der Waals surface area contributed by atoms with Crippen LogP contribution in [-0.2, 0) is 13.0 Å². The van der Waals surface area contributed by atoms with Crippen molar-refractivity contribution in [3.63, 3.8) is 0 Å². The van der Waals surface area contributed by atoms with E-state index in [0.29, 0.717) is 24.6 Å². The first-order valence-corrected chi connectivity index (χ1v) is 9.39. The predicted octanol–water partition coefficient (Wildman–Crippen LogP) is 4.94. The summed E-state index contributed by atoms with van der Waals surface area (Å²) < 4.78 is 20.1. The smallest absolute Gasteiger partial charge is 0.257 e. The van der Waals surface area contributed by atoms with Gasteiger partial charge in [0.1, 0.15) is 17.3 Å². The summed E-state index contributed by atoms with van der Waals surface area (Å²) in [6.07, 6.45) is 2.48. The molecule has 0 aliphatic carbocycles. The molecule has 0 radical (unpaired) electrons. The van der Waals surface area contributed by atoms with Gasteiger partial charge in [0.05, 0.1) is 5.56 Å². The van der Waals surface area contributed by atoms with Crippen LogP contribution in [0.2, 0.25) is 0 Å². The van der Waals surface area contributed by atoms with Crippen LogP contribution in [0.4, 0.5) is 4.39 Å². The lowest BCUT2D eigenvalue weighted by atomic mass is 10.1. The van der Waals surface area contributed by atoms with Gasteiger partial charge in [-0.25, -0.2) is 4.39 Å². The van der Waals surface area contributed by atoms with E-state index >= 15 is 0 Å². The van der Waals surface area contributed by atoms with Crippen molar-refractivity contribution >= 4 is 30.7 Å². The van der Waals surface area contributed by atoms with Crippen molar-refractivity contribution in [1.82, 2.24) is 9.88 Å². The summed E-state index contributed by atoms with van der Waals surface area (Å²) in [7, 11) is 1.64. The molecule has 8 heteroatoms. The first kappa shape index (κ1) is 26.4. The molecule has 0 aliphatic heterocycles. The third-order valence-corrected chi connectivity index (χ3v) is 4.49. The van der Waals surface area contributed by atoms with Crippen molar-refractivity contribution in [3.05, 3.63) is 89.0 Å². The minimum atomic E-state index is -0.585. The molecule has 1 amide bonds. The molecule has 2 aromatic carbocycles. The Balaban J connectivity index is 0.00000240. The fourth-order valence-corrected chi connectivity index (χ4v) is 3.01. The highest BCUT2D eigenvalue weighted by atomic mass is 35.5. The number of benzene rings is 2. The van der Waals surface area contributed by atoms with Crippen molar-refractivity contribution in [2.45, 2.75) is 19.9 Å². The van der Waals surface area contributed by atoms with Crippen LogP contribution in [0.25, 0.3) is 0 Å². The molecule has 31 heavy (non-hydrogen) atoms. The summed E-state index contributed by atoms with van der Waals surface area (Å²) in [5.41, 5.74) is 8.43. The zero-order valence-electron chi connectivity index (χ0n) is 17.4. The maximum absolute atomic E-state index is 14.3. The number of pyridine rings is 1. The Morgan fingerprint density at radius 2 is 1.71 bits per heavy atom. The number of carbonyl (C=O) groups excluding carboxylic acids is 1. The van der Waals surface area contributed by atoms with Crippen molar-refractivity contribution < 1.29 is 13.9 Å². The van der Waals surface area contributed by atoms with Crippen molar-refractivity contribution in [2.24, 2.45) is 5.73 Å². The Bertz CT molecular complexity index is 1000. The number of hydrogen-bond acceptors (Lipinski definition) is 4. The highest BCUT2D eigenvalue weighted by molar-refractivity contribution is 5.94. The molecule has 5 nitrogen and oxygen atoms in total. The molecule has 1 heterocycles. The van der Waals surface area contributed by atoms with E-state index in [9.17, 15) is 9.18 Å². The van der Waals surface area contributed by atoms with E-state index in [1.165, 1.54) is 23.1 Å². The fraction of sp³-hybridized carbons (Fsp3) is 0.217. The van der Waals surface area contributed by atoms with E-state index in [-0.39, 0.29) is 30.4 Å². The molecular formula is C23H26Cl2FN3O2. The van der Waals surface area contributed by atoms with Gasteiger partial charge < -0.3 is 15.4 Å². The second-order valence-electron chi connectivity index (χ2n) is 6.89. The molecule has 0 unspecified atom stereocenters. The van der Waals surface area contributed by atoms with Crippen LogP contribution in [0.1, 0.15) is 27.2 Å². The molecule has 1 aromatic heterocycles. The highest BCUT2D eigenvalue weighted by Gasteiger charge is 2.18. The topological polar surface area (TPSA) is 68.5 Å². The largest absolute Gasteiger partial charge is 0.457 e. The zero-order valence-corrected chi connectivity index (χ0v) is 19.0. The fourth-order valence-electron chi connectivity index (χ4n) is 3.01. The second-order valence-corrected chi connectivity index (χ2v) is 6.89. The predicted molar refractivity (Wildman–Crippen MR) is 125 cm³/mol. The first-order valence-electron chi connectivity index (χ1n) is 9.39. The summed E-state index contributed by atoms with van der Waals surface area (Å²) in [5, 5.41) is 0. The first-order chi connectivity index (χ1) is 14.0. The van der Waals surface area contributed by atoms with E-state index in [2.05, 4.69) is 4.98 Å². The molecule has 3 aromatic rings. The van der Waals surface area contributed by atoms with Gasteiger partial charge in [-0.1, -0.05) is 12.1 Å². The lowest BCUT2D eigenvalue weighted by molar-refractivity contribution is 0.0780. The van der Waals surface area contributed by atoms with E-state index < -0.39 is 11.7 Å². The van der Waals surface area contributed by atoms with Crippen LogP contribution >= 0.6 is 24.8 Å². The van der Waals surface area contributed by atoms with Crippen LogP contribution in [0, 0.1) is 12.7 Å². The van der Waals surface area contributed by atoms with Crippen molar-refractivity contribution in [1.29, 1.82) is 0 Å². The Morgan fingerprint density at radius 1 is 1.03 bits per heavy atom. The molecule has 0 saturated heterocycles. The quantitative estimate of drug-likeness (QED) is 0.536. The number of amides is 1. The normalized spacial score (nSPS) is 9.94. The maximum Gasteiger partial charge on any atom is 0.257 e. The minimum absolute atomic E-state index is 0. The van der Waals surface area contributed by atoms with E-state index in [0.717, 1.165) is 23.2 Å². The molecule has 2 N–H and O–H groups in total. The summed E-state index contributed by atoms with van der Waals surface area (Å²) in [6.45, 7) is 2.82. The van der Waals surface area contributed by atoms with Crippen LogP contribution in [0.5, 0.6) is 11.5 Å². The van der Waals surface area contributed by atoms with Gasteiger partial charge in [-0.3, -0.25) is 9.78 Å². The summed E-state index contributed by atoms with van der Waals surface area (Å²) in [6, 6.07) is 15.4. The molecule has 0 atom stereocenters. The number of nitrogens with zero attached hydrogens (tertiary/aromatic N) is 2. The molecule has 166 valence electrons. The van der Waals surface area contributed by atoms with E-state index in [1.807, 2.05) is 43.3 Å². The maximum atomic E-state index is 14.3. The van der Waals surface area contributed by atoms with E-state index in [1.54, 1.807) is 13.2 Å². The average Bonchev–Trinajstić information content (AvgIpc) is 2.70. The van der Waals surface area contributed by atoms with Crippen LogP contribution < -0.4 is 10.5 Å². The molecule has 0 fully saturated rings. The lowest BCUT2D eigenvalue weighted by Gasteiger charge is -2.18. The van der Waals surface area contributed by atoms with Gasteiger partial charge in [-0.05, 0) is 73.5 Å². The number of rotatable bonds is 7. The number of hydrogen-bond donors (Lipinski definition) is 1. The highest BCUT2D eigenvalue weighted by Crippen LogP contribution is 2.25. The van der Waals surface area contributed by atoms with Crippen molar-refractivity contribution in [2.75, 3.05) is 13.6 Å². The number of ether oxygens (including phenoxy) is 1. The summed E-state index contributed by atoms with van der Waals surface area (Å²) in [4.78, 5) is 18.4. The Hall–Kier alpha value is -2.67. The Labute approximate surface area is 194 Å². The van der Waals surface area contributed by atoms with Crippen LogP contribution in [0.15, 0.2) is 60.8 Å². The van der Waals surface area contributed by atoms with E-state index in [4.69, 9.17) is 10.5 Å². The number of aromatic nitrogens is 1. The number of nitrogens with two attached hydrogens (primary N) is 1. The van der Waals surface area contributed by atoms with Gasteiger partial charge in [-0.2, -0.15) is 0 Å². The molecule has 0 spiro atoms. The molecule has 0 aliphatic rings. The monoisotopic (exact) mass is 465 g/mol. The number of carbonyl (C=O) groups is 1. The van der Waals surface area contributed by atoms with Crippen LogP contribution in [0.3, 0.4) is 0 Å². The van der Waals surface area contributed by atoms with Crippen LogP contribution in [-0.4, -0.2) is 29.4 Å².